The average molecular weight is 271 g/mol. The van der Waals surface area contributed by atoms with Crippen LogP contribution in [0.5, 0.6) is 0 Å². The van der Waals surface area contributed by atoms with E-state index in [0.717, 1.165) is 5.56 Å². The first-order valence-corrected chi connectivity index (χ1v) is 6.27. The number of rotatable bonds is 3. The van der Waals surface area contributed by atoms with Crippen molar-refractivity contribution in [2.75, 3.05) is 0 Å². The number of nitrogens with one attached hydrogen (secondary N) is 2. The minimum atomic E-state index is -3.94. The van der Waals surface area contributed by atoms with Crippen molar-refractivity contribution in [2.45, 2.75) is 11.8 Å². The van der Waals surface area contributed by atoms with Crippen molar-refractivity contribution in [3.63, 3.8) is 0 Å². The Kier molecular flexibility index (Phi) is 4.10. The summed E-state index contributed by atoms with van der Waals surface area (Å²) in [6, 6.07) is 4.94. The molecule has 18 heavy (non-hydrogen) atoms. The van der Waals surface area contributed by atoms with Crippen molar-refractivity contribution in [3.8, 4) is 0 Å². The van der Waals surface area contributed by atoms with Gasteiger partial charge in [-0.05, 0) is 19.1 Å². The highest BCUT2D eigenvalue weighted by Crippen LogP contribution is 2.09. The predicted molar refractivity (Wildman–Crippen MR) is 65.8 cm³/mol. The van der Waals surface area contributed by atoms with Crippen LogP contribution in [0.4, 0.5) is 4.79 Å². The van der Waals surface area contributed by atoms with Gasteiger partial charge >= 0.3 is 6.03 Å². The van der Waals surface area contributed by atoms with Gasteiger partial charge in [0.1, 0.15) is 0 Å². The van der Waals surface area contributed by atoms with Crippen LogP contribution in [-0.2, 0) is 10.0 Å². The number of hydrogen-bond acceptors (Lipinski definition) is 4. The van der Waals surface area contributed by atoms with Crippen LogP contribution in [-0.4, -0.2) is 20.4 Å². The highest BCUT2D eigenvalue weighted by Gasteiger charge is 2.16. The monoisotopic (exact) mass is 271 g/mol. The highest BCUT2D eigenvalue weighted by atomic mass is 32.2. The number of benzene rings is 1. The van der Waals surface area contributed by atoms with E-state index in [1.54, 1.807) is 16.9 Å². The first kappa shape index (κ1) is 13.8. The fraction of sp³-hybridized carbons (Fsp3) is 0.111. The number of guanidine groups is 1. The molecule has 0 spiro atoms. The summed E-state index contributed by atoms with van der Waals surface area (Å²) in [5.41, 5.74) is 12.7. The molecule has 0 bridgehead atoms. The van der Waals surface area contributed by atoms with Gasteiger partial charge in [0, 0.05) is 0 Å². The van der Waals surface area contributed by atoms with Crippen molar-refractivity contribution in [1.29, 1.82) is 0 Å². The van der Waals surface area contributed by atoms with Crippen LogP contribution in [0.15, 0.2) is 34.3 Å². The Balaban J connectivity index is 2.79. The van der Waals surface area contributed by atoms with E-state index in [4.69, 9.17) is 11.5 Å². The molecule has 0 aliphatic heterocycles. The molecule has 0 heterocycles. The fourth-order valence-electron chi connectivity index (χ4n) is 1.04. The van der Waals surface area contributed by atoms with Gasteiger partial charge in [-0.1, -0.05) is 17.7 Å². The molecule has 1 aromatic carbocycles. The summed E-state index contributed by atoms with van der Waals surface area (Å²) in [6.45, 7) is 1.81. The maximum absolute atomic E-state index is 11.7. The Morgan fingerprint density at radius 3 is 2.28 bits per heavy atom. The number of nitrogens with zero attached hydrogens (tertiary/aromatic N) is 1. The molecule has 0 radical (unpaired) electrons. The fourth-order valence-corrected chi connectivity index (χ4v) is 1.94. The van der Waals surface area contributed by atoms with Crippen molar-refractivity contribution in [2.24, 2.45) is 16.6 Å². The van der Waals surface area contributed by atoms with E-state index in [1.807, 2.05) is 12.3 Å². The molecular weight excluding hydrogens is 258 g/mol. The van der Waals surface area contributed by atoms with Crippen LogP contribution >= 0.6 is 0 Å². The third kappa shape index (κ3) is 3.94. The normalized spacial score (nSPS) is 10.5. The maximum atomic E-state index is 11.7. The molecule has 0 aliphatic rings. The molecule has 98 valence electrons. The molecule has 0 fully saturated rings. The van der Waals surface area contributed by atoms with Gasteiger partial charge < -0.3 is 11.5 Å². The summed E-state index contributed by atoms with van der Waals surface area (Å²) in [7, 11) is -3.94. The Morgan fingerprint density at radius 2 is 1.78 bits per heavy atom. The summed E-state index contributed by atoms with van der Waals surface area (Å²) >= 11 is 0. The Labute approximate surface area is 104 Å². The third-order valence-corrected chi connectivity index (χ3v) is 3.19. The number of urea groups is 1. The topological polar surface area (TPSA) is 140 Å². The SMILES string of the molecule is Cc1ccc(S(=O)(=O)NC(=O)NN=C(N)N)cc1. The number of hydrogen-bond donors (Lipinski definition) is 4. The molecule has 1 aromatic rings. The van der Waals surface area contributed by atoms with E-state index in [9.17, 15) is 13.2 Å². The van der Waals surface area contributed by atoms with Crippen LogP contribution in [0.1, 0.15) is 5.56 Å². The molecule has 8 nitrogen and oxygen atoms in total. The largest absolute Gasteiger partial charge is 0.369 e. The summed E-state index contributed by atoms with van der Waals surface area (Å²) in [4.78, 5) is 11.1. The van der Waals surface area contributed by atoms with E-state index in [1.165, 1.54) is 12.1 Å². The molecule has 0 saturated heterocycles. The molecule has 1 rings (SSSR count). The lowest BCUT2D eigenvalue weighted by Crippen LogP contribution is -2.39. The number of sulfonamides is 1. The third-order valence-electron chi connectivity index (χ3n) is 1.84. The Bertz CT molecular complexity index is 560. The molecule has 0 atom stereocenters. The molecule has 2 amide bonds. The summed E-state index contributed by atoms with van der Waals surface area (Å²) in [5, 5.41) is 3.16. The lowest BCUT2D eigenvalue weighted by Gasteiger charge is -2.06. The molecule has 9 heteroatoms. The second-order valence-corrected chi connectivity index (χ2v) is 5.08. The smallest absolute Gasteiger partial charge is 0.349 e. The van der Waals surface area contributed by atoms with Crippen molar-refractivity contribution in [1.82, 2.24) is 10.1 Å². The van der Waals surface area contributed by atoms with E-state index < -0.39 is 22.0 Å². The lowest BCUT2D eigenvalue weighted by atomic mass is 10.2. The van der Waals surface area contributed by atoms with E-state index in [0.29, 0.717) is 0 Å². The molecule has 0 aliphatic carbocycles. The zero-order valence-electron chi connectivity index (χ0n) is 9.54. The number of hydrazone groups is 1. The van der Waals surface area contributed by atoms with Gasteiger partial charge in [-0.25, -0.2) is 23.4 Å². The van der Waals surface area contributed by atoms with Gasteiger partial charge in [-0.3, -0.25) is 0 Å². The second-order valence-electron chi connectivity index (χ2n) is 3.40. The predicted octanol–water partition coefficient (Wildman–Crippen LogP) is -0.829. The number of nitrogens with two attached hydrogens (primary N) is 2. The van der Waals surface area contributed by atoms with Gasteiger partial charge in [0.15, 0.2) is 0 Å². The van der Waals surface area contributed by atoms with Gasteiger partial charge in [-0.15, -0.1) is 5.10 Å². The first-order chi connectivity index (χ1) is 8.31. The van der Waals surface area contributed by atoms with Gasteiger partial charge in [0.25, 0.3) is 10.0 Å². The molecule has 0 saturated carbocycles. The van der Waals surface area contributed by atoms with Crippen LogP contribution < -0.4 is 21.6 Å². The Hall–Kier alpha value is -2.29. The number of carbonyl (C=O) groups excluding carboxylic acids is 1. The zero-order chi connectivity index (χ0) is 13.8. The standard InChI is InChI=1S/C9H13N5O3S/c1-6-2-4-7(5-3-6)18(16,17)14-9(15)13-12-8(10)11/h2-5H,1H3,(H4,10,11,12)(H2,13,14,15). The number of aryl methyl sites for hydroxylation is 1. The summed E-state index contributed by atoms with van der Waals surface area (Å²) < 4.78 is 25.2. The van der Waals surface area contributed by atoms with E-state index in [-0.39, 0.29) is 4.90 Å². The molecule has 0 unspecified atom stereocenters. The quantitative estimate of drug-likeness (QED) is 0.323. The molecule has 6 N–H and O–H groups in total. The Morgan fingerprint density at radius 1 is 1.22 bits per heavy atom. The summed E-state index contributed by atoms with van der Waals surface area (Å²) in [5.74, 6) is -0.391. The maximum Gasteiger partial charge on any atom is 0.349 e. The van der Waals surface area contributed by atoms with Gasteiger partial charge in [-0.2, -0.15) is 0 Å². The number of amides is 2. The lowest BCUT2D eigenvalue weighted by molar-refractivity contribution is 0.246. The van der Waals surface area contributed by atoms with Crippen LogP contribution in [0.3, 0.4) is 0 Å². The van der Waals surface area contributed by atoms with Crippen molar-refractivity contribution >= 4 is 22.0 Å². The average Bonchev–Trinajstić information content (AvgIpc) is 2.26. The molecule has 0 aromatic heterocycles. The minimum Gasteiger partial charge on any atom is -0.369 e. The minimum absolute atomic E-state index is 0.0343. The molecular formula is C9H13N5O3S. The van der Waals surface area contributed by atoms with E-state index >= 15 is 0 Å². The summed E-state index contributed by atoms with van der Waals surface area (Å²) in [6.07, 6.45) is 0. The second kappa shape index (κ2) is 5.36. The van der Waals surface area contributed by atoms with Crippen molar-refractivity contribution < 1.29 is 13.2 Å². The van der Waals surface area contributed by atoms with Gasteiger partial charge in [0.05, 0.1) is 4.90 Å². The number of carbonyl (C=O) groups is 1. The van der Waals surface area contributed by atoms with Crippen LogP contribution in [0.25, 0.3) is 0 Å². The van der Waals surface area contributed by atoms with Crippen molar-refractivity contribution in [3.05, 3.63) is 29.8 Å². The van der Waals surface area contributed by atoms with E-state index in [2.05, 4.69) is 5.10 Å². The first-order valence-electron chi connectivity index (χ1n) is 4.79. The van der Waals surface area contributed by atoms with Crippen LogP contribution in [0, 0.1) is 6.92 Å². The highest BCUT2D eigenvalue weighted by molar-refractivity contribution is 7.90. The zero-order valence-corrected chi connectivity index (χ0v) is 10.4. The van der Waals surface area contributed by atoms with Gasteiger partial charge in [0.2, 0.25) is 5.96 Å². The van der Waals surface area contributed by atoms with Crippen LogP contribution in [0.2, 0.25) is 0 Å².